The number of rotatable bonds is 5. The Balaban J connectivity index is 2.26. The first kappa shape index (κ1) is 14.2. The zero-order valence-corrected chi connectivity index (χ0v) is 11.1. The molecule has 1 aromatic rings. The largest absolute Gasteiger partial charge is 0.394 e. The lowest BCUT2D eigenvalue weighted by atomic mass is 10.1. The van der Waals surface area contributed by atoms with Gasteiger partial charge in [-0.3, -0.25) is 0 Å². The number of hydrogen-bond donors (Lipinski definition) is 2. The minimum Gasteiger partial charge on any atom is -0.394 e. The molecule has 0 bridgehead atoms. The molecule has 1 unspecified atom stereocenters. The van der Waals surface area contributed by atoms with Gasteiger partial charge in [0.2, 0.25) is 0 Å². The summed E-state index contributed by atoms with van der Waals surface area (Å²) in [5, 5.41) is 12.3. The fraction of sp³-hybridized carbons (Fsp3) is 0.571. The van der Waals surface area contributed by atoms with E-state index in [1.54, 1.807) is 4.90 Å². The quantitative estimate of drug-likeness (QED) is 0.859. The molecule has 2 rings (SSSR count). The van der Waals surface area contributed by atoms with E-state index in [4.69, 9.17) is 0 Å². The van der Waals surface area contributed by atoms with Crippen molar-refractivity contribution in [3.05, 3.63) is 29.3 Å². The highest BCUT2D eigenvalue weighted by Crippen LogP contribution is 2.31. The van der Waals surface area contributed by atoms with Crippen molar-refractivity contribution in [2.45, 2.75) is 32.4 Å². The Morgan fingerprint density at radius 3 is 2.63 bits per heavy atom. The van der Waals surface area contributed by atoms with E-state index in [1.807, 2.05) is 6.92 Å². The molecular formula is C14H20F2N2O. The van der Waals surface area contributed by atoms with Crippen LogP contribution in [0.5, 0.6) is 0 Å². The molecule has 0 spiro atoms. The molecule has 2 N–H and O–H groups in total. The Kier molecular flexibility index (Phi) is 4.71. The SMILES string of the molecule is CCNCc1cc(F)c(N2CCCC2CO)c(F)c1. The lowest BCUT2D eigenvalue weighted by Gasteiger charge is -2.26. The summed E-state index contributed by atoms with van der Waals surface area (Å²) in [4.78, 5) is 1.64. The van der Waals surface area contributed by atoms with E-state index in [0.717, 1.165) is 19.4 Å². The van der Waals surface area contributed by atoms with Crippen LogP contribution in [0.25, 0.3) is 0 Å². The molecule has 106 valence electrons. The van der Waals surface area contributed by atoms with E-state index in [2.05, 4.69) is 5.32 Å². The molecule has 0 saturated carbocycles. The van der Waals surface area contributed by atoms with Gasteiger partial charge < -0.3 is 15.3 Å². The van der Waals surface area contributed by atoms with Crippen LogP contribution in [0.1, 0.15) is 25.3 Å². The average Bonchev–Trinajstić information content (AvgIpc) is 2.83. The number of nitrogens with one attached hydrogen (secondary N) is 1. The molecule has 0 aromatic heterocycles. The second kappa shape index (κ2) is 6.30. The highest BCUT2D eigenvalue weighted by Gasteiger charge is 2.28. The van der Waals surface area contributed by atoms with Crippen LogP contribution in [0, 0.1) is 11.6 Å². The maximum Gasteiger partial charge on any atom is 0.149 e. The Morgan fingerprint density at radius 2 is 2.05 bits per heavy atom. The van der Waals surface area contributed by atoms with Crippen LogP contribution in [0.2, 0.25) is 0 Å². The topological polar surface area (TPSA) is 35.5 Å². The van der Waals surface area contributed by atoms with Crippen molar-refractivity contribution in [1.82, 2.24) is 5.32 Å². The van der Waals surface area contributed by atoms with Crippen LogP contribution in [0.4, 0.5) is 14.5 Å². The Labute approximate surface area is 112 Å². The van der Waals surface area contributed by atoms with Crippen LogP contribution >= 0.6 is 0 Å². The van der Waals surface area contributed by atoms with Crippen molar-refractivity contribution >= 4 is 5.69 Å². The van der Waals surface area contributed by atoms with Gasteiger partial charge in [0.15, 0.2) is 0 Å². The van der Waals surface area contributed by atoms with E-state index in [1.165, 1.54) is 12.1 Å². The monoisotopic (exact) mass is 270 g/mol. The number of aliphatic hydroxyl groups excluding tert-OH is 1. The van der Waals surface area contributed by atoms with Gasteiger partial charge in [-0.15, -0.1) is 0 Å². The summed E-state index contributed by atoms with van der Waals surface area (Å²) in [7, 11) is 0. The molecule has 0 radical (unpaired) electrons. The summed E-state index contributed by atoms with van der Waals surface area (Å²) < 4.78 is 28.2. The Bertz CT molecular complexity index is 416. The number of halogens is 2. The predicted octanol–water partition coefficient (Wildman–Crippen LogP) is 2.04. The van der Waals surface area contributed by atoms with Crippen molar-refractivity contribution in [2.75, 3.05) is 24.6 Å². The third kappa shape index (κ3) is 3.04. The van der Waals surface area contributed by atoms with Crippen molar-refractivity contribution in [3.8, 4) is 0 Å². The first-order chi connectivity index (χ1) is 9.17. The maximum absolute atomic E-state index is 14.1. The molecule has 1 aromatic carbocycles. The lowest BCUT2D eigenvalue weighted by Crippen LogP contribution is -2.33. The van der Waals surface area contributed by atoms with Gasteiger partial charge in [0.1, 0.15) is 17.3 Å². The van der Waals surface area contributed by atoms with Crippen LogP contribution in [-0.2, 0) is 6.54 Å². The molecule has 1 aliphatic rings. The first-order valence-electron chi connectivity index (χ1n) is 6.73. The third-order valence-corrected chi connectivity index (χ3v) is 3.53. The molecule has 5 heteroatoms. The van der Waals surface area contributed by atoms with Crippen molar-refractivity contribution in [1.29, 1.82) is 0 Å². The van der Waals surface area contributed by atoms with Gasteiger partial charge in [-0.25, -0.2) is 8.78 Å². The fourth-order valence-electron chi connectivity index (χ4n) is 2.58. The Hall–Kier alpha value is -1.20. The molecular weight excluding hydrogens is 250 g/mol. The number of benzene rings is 1. The molecule has 0 amide bonds. The van der Waals surface area contributed by atoms with Gasteiger partial charge in [0.05, 0.1) is 12.6 Å². The van der Waals surface area contributed by atoms with E-state index in [0.29, 0.717) is 18.7 Å². The van der Waals surface area contributed by atoms with Crippen molar-refractivity contribution in [3.63, 3.8) is 0 Å². The summed E-state index contributed by atoms with van der Waals surface area (Å²) in [5.74, 6) is -1.10. The van der Waals surface area contributed by atoms with Gasteiger partial charge in [-0.2, -0.15) is 0 Å². The van der Waals surface area contributed by atoms with Crippen LogP contribution in [0.15, 0.2) is 12.1 Å². The summed E-state index contributed by atoms with van der Waals surface area (Å²) in [6, 6.07) is 2.56. The maximum atomic E-state index is 14.1. The molecule has 1 saturated heterocycles. The molecule has 1 fully saturated rings. The van der Waals surface area contributed by atoms with Crippen molar-refractivity contribution in [2.24, 2.45) is 0 Å². The summed E-state index contributed by atoms with van der Waals surface area (Å²) in [6.07, 6.45) is 1.62. The van der Waals surface area contributed by atoms with Crippen LogP contribution in [-0.4, -0.2) is 30.8 Å². The lowest BCUT2D eigenvalue weighted by molar-refractivity contribution is 0.265. The van der Waals surface area contributed by atoms with Gasteiger partial charge in [0, 0.05) is 13.1 Å². The second-order valence-corrected chi connectivity index (χ2v) is 4.86. The minimum atomic E-state index is -0.548. The smallest absolute Gasteiger partial charge is 0.149 e. The molecule has 1 aliphatic heterocycles. The molecule has 3 nitrogen and oxygen atoms in total. The zero-order chi connectivity index (χ0) is 13.8. The number of nitrogens with zero attached hydrogens (tertiary/aromatic N) is 1. The van der Waals surface area contributed by atoms with E-state index >= 15 is 0 Å². The van der Waals surface area contributed by atoms with Crippen LogP contribution in [0.3, 0.4) is 0 Å². The van der Waals surface area contributed by atoms with Gasteiger partial charge in [0.25, 0.3) is 0 Å². The molecule has 1 heterocycles. The fourth-order valence-corrected chi connectivity index (χ4v) is 2.58. The van der Waals surface area contributed by atoms with E-state index in [9.17, 15) is 13.9 Å². The third-order valence-electron chi connectivity index (χ3n) is 3.53. The highest BCUT2D eigenvalue weighted by molar-refractivity contribution is 5.52. The number of anilines is 1. The standard InChI is InChI=1S/C14H20F2N2O/c1-2-17-8-10-6-12(15)14(13(16)7-10)18-5-3-4-11(18)9-19/h6-7,11,17,19H,2-5,8-9H2,1H3. The van der Waals surface area contributed by atoms with E-state index in [-0.39, 0.29) is 18.3 Å². The van der Waals surface area contributed by atoms with E-state index < -0.39 is 11.6 Å². The summed E-state index contributed by atoms with van der Waals surface area (Å²) in [6.45, 7) is 3.67. The Morgan fingerprint density at radius 1 is 1.37 bits per heavy atom. The van der Waals surface area contributed by atoms with Crippen molar-refractivity contribution < 1.29 is 13.9 Å². The van der Waals surface area contributed by atoms with Gasteiger partial charge in [-0.1, -0.05) is 6.92 Å². The first-order valence-corrected chi connectivity index (χ1v) is 6.73. The van der Waals surface area contributed by atoms with Gasteiger partial charge in [-0.05, 0) is 37.1 Å². The minimum absolute atomic E-state index is 0.00296. The molecule has 19 heavy (non-hydrogen) atoms. The molecule has 0 aliphatic carbocycles. The van der Waals surface area contributed by atoms with Gasteiger partial charge >= 0.3 is 0 Å². The normalized spacial score (nSPS) is 19.2. The zero-order valence-electron chi connectivity index (χ0n) is 11.1. The summed E-state index contributed by atoms with van der Waals surface area (Å²) >= 11 is 0. The number of hydrogen-bond acceptors (Lipinski definition) is 3. The predicted molar refractivity (Wildman–Crippen MR) is 71.2 cm³/mol. The second-order valence-electron chi connectivity index (χ2n) is 4.86. The average molecular weight is 270 g/mol. The molecule has 1 atom stereocenters. The number of aliphatic hydroxyl groups is 1. The highest BCUT2D eigenvalue weighted by atomic mass is 19.1. The van der Waals surface area contributed by atoms with Crippen LogP contribution < -0.4 is 10.2 Å². The summed E-state index contributed by atoms with van der Waals surface area (Å²) in [5.41, 5.74) is 0.595.